The lowest BCUT2D eigenvalue weighted by atomic mass is 10.2. The minimum atomic E-state index is -0.929. The summed E-state index contributed by atoms with van der Waals surface area (Å²) in [7, 11) is 0. The van der Waals surface area contributed by atoms with Gasteiger partial charge >= 0.3 is 5.97 Å². The number of carboxylic acids is 1. The fourth-order valence-electron chi connectivity index (χ4n) is 1.62. The predicted octanol–water partition coefficient (Wildman–Crippen LogP) is 4.03. The number of carboxylic acid groups (broad SMARTS) is 1. The summed E-state index contributed by atoms with van der Waals surface area (Å²) in [6.07, 6.45) is 2.33. The molecule has 3 rings (SSSR count). The highest BCUT2D eigenvalue weighted by Gasteiger charge is 2.28. The van der Waals surface area contributed by atoms with Gasteiger partial charge in [-0.1, -0.05) is 27.7 Å². The minimum Gasteiger partial charge on any atom is -0.478 e. The van der Waals surface area contributed by atoms with Gasteiger partial charge in [0.2, 0.25) is 0 Å². The van der Waals surface area contributed by atoms with Crippen molar-refractivity contribution in [2.75, 3.05) is 0 Å². The van der Waals surface area contributed by atoms with Crippen molar-refractivity contribution in [3.8, 4) is 0 Å². The van der Waals surface area contributed by atoms with Crippen molar-refractivity contribution >= 4 is 45.2 Å². The second-order valence-electron chi connectivity index (χ2n) is 4.24. The molecule has 1 fully saturated rings. The first-order valence-corrected chi connectivity index (χ1v) is 8.06. The van der Waals surface area contributed by atoms with E-state index in [0.717, 1.165) is 27.5 Å². The van der Waals surface area contributed by atoms with E-state index >= 15 is 0 Å². The van der Waals surface area contributed by atoms with Crippen LogP contribution in [0.3, 0.4) is 0 Å². The van der Waals surface area contributed by atoms with Crippen molar-refractivity contribution in [1.29, 1.82) is 0 Å². The average molecular weight is 357 g/mol. The van der Waals surface area contributed by atoms with Gasteiger partial charge in [-0.2, -0.15) is 4.37 Å². The maximum absolute atomic E-state index is 11.2. The molecular formula is C12H9BrN2O2S2. The summed E-state index contributed by atoms with van der Waals surface area (Å²) in [5.41, 5.74) is 0.288. The molecule has 1 aromatic carbocycles. The second-order valence-corrected chi connectivity index (χ2v) is 7.20. The first-order chi connectivity index (χ1) is 9.13. The smallest absolute Gasteiger partial charge is 0.336 e. The van der Waals surface area contributed by atoms with Gasteiger partial charge < -0.3 is 5.11 Å². The van der Waals surface area contributed by atoms with E-state index in [9.17, 15) is 9.90 Å². The first kappa shape index (κ1) is 13.1. The van der Waals surface area contributed by atoms with E-state index in [2.05, 4.69) is 25.3 Å². The molecule has 0 unspecified atom stereocenters. The number of halogens is 1. The molecule has 1 saturated carbocycles. The summed E-state index contributed by atoms with van der Waals surface area (Å²) >= 11 is 6.05. The zero-order chi connectivity index (χ0) is 13.4. The molecule has 1 aromatic heterocycles. The van der Waals surface area contributed by atoms with Gasteiger partial charge in [0.25, 0.3) is 0 Å². The molecule has 0 saturated heterocycles. The third kappa shape index (κ3) is 2.98. The van der Waals surface area contributed by atoms with Gasteiger partial charge in [-0.05, 0) is 42.6 Å². The molecule has 0 amide bonds. The average Bonchev–Trinajstić information content (AvgIpc) is 3.10. The Morgan fingerprint density at radius 3 is 2.95 bits per heavy atom. The van der Waals surface area contributed by atoms with Gasteiger partial charge in [0.15, 0.2) is 4.34 Å². The van der Waals surface area contributed by atoms with Crippen molar-refractivity contribution in [1.82, 2.24) is 9.36 Å². The van der Waals surface area contributed by atoms with Crippen LogP contribution >= 0.6 is 39.2 Å². The molecule has 0 atom stereocenters. The van der Waals surface area contributed by atoms with Crippen molar-refractivity contribution in [3.63, 3.8) is 0 Å². The molecule has 98 valence electrons. The van der Waals surface area contributed by atoms with Crippen LogP contribution < -0.4 is 0 Å². The van der Waals surface area contributed by atoms with Gasteiger partial charge in [-0.15, -0.1) is 0 Å². The molecule has 0 aliphatic heterocycles. The highest BCUT2D eigenvalue weighted by molar-refractivity contribution is 9.10. The number of aromatic carboxylic acids is 1. The number of carbonyl (C=O) groups is 1. The Bertz CT molecular complexity index is 640. The summed E-state index contributed by atoms with van der Waals surface area (Å²) < 4.78 is 5.97. The largest absolute Gasteiger partial charge is 0.478 e. The monoisotopic (exact) mass is 356 g/mol. The maximum atomic E-state index is 11.2. The Kier molecular flexibility index (Phi) is 3.60. The van der Waals surface area contributed by atoms with Crippen LogP contribution in [-0.4, -0.2) is 20.4 Å². The Morgan fingerprint density at radius 2 is 2.26 bits per heavy atom. The van der Waals surface area contributed by atoms with Crippen LogP contribution in [0.2, 0.25) is 0 Å². The van der Waals surface area contributed by atoms with Crippen molar-refractivity contribution in [2.24, 2.45) is 0 Å². The lowest BCUT2D eigenvalue weighted by Gasteiger charge is -2.03. The third-order valence-corrected chi connectivity index (χ3v) is 5.05. The maximum Gasteiger partial charge on any atom is 0.336 e. The number of aromatic nitrogens is 2. The lowest BCUT2D eigenvalue weighted by molar-refractivity contribution is 0.0693. The normalized spacial score (nSPS) is 14.6. The van der Waals surface area contributed by atoms with Gasteiger partial charge in [0.1, 0.15) is 5.82 Å². The standard InChI is InChI=1S/C12H9BrN2O2S2/c13-7-3-4-8(11(16)17)9(5-7)18-12-14-10(15-19-12)6-1-2-6/h3-6H,1-2H2,(H,16,17). The SMILES string of the molecule is O=C(O)c1ccc(Br)cc1Sc1nc(C2CC2)ns1. The van der Waals surface area contributed by atoms with Crippen molar-refractivity contribution in [3.05, 3.63) is 34.1 Å². The fourth-order valence-corrected chi connectivity index (χ4v) is 3.94. The molecule has 1 aliphatic rings. The Morgan fingerprint density at radius 1 is 1.47 bits per heavy atom. The van der Waals surface area contributed by atoms with Crippen LogP contribution in [0.1, 0.15) is 34.9 Å². The molecule has 1 aliphatic carbocycles. The summed E-state index contributed by atoms with van der Waals surface area (Å²) in [5.74, 6) is 0.494. The van der Waals surface area contributed by atoms with E-state index in [4.69, 9.17) is 0 Å². The van der Waals surface area contributed by atoms with E-state index in [1.165, 1.54) is 23.3 Å². The highest BCUT2D eigenvalue weighted by atomic mass is 79.9. The first-order valence-electron chi connectivity index (χ1n) is 5.68. The molecule has 0 bridgehead atoms. The highest BCUT2D eigenvalue weighted by Crippen LogP contribution is 2.41. The number of nitrogens with zero attached hydrogens (tertiary/aromatic N) is 2. The van der Waals surface area contributed by atoms with Gasteiger partial charge in [0, 0.05) is 15.3 Å². The van der Waals surface area contributed by atoms with Crippen LogP contribution in [0.15, 0.2) is 31.9 Å². The van der Waals surface area contributed by atoms with Gasteiger partial charge in [-0.3, -0.25) is 0 Å². The van der Waals surface area contributed by atoms with Crippen LogP contribution in [0.25, 0.3) is 0 Å². The second kappa shape index (κ2) is 5.22. The summed E-state index contributed by atoms with van der Waals surface area (Å²) in [5, 5.41) is 9.18. The number of hydrogen-bond donors (Lipinski definition) is 1. The molecule has 2 aromatic rings. The molecule has 19 heavy (non-hydrogen) atoms. The molecule has 7 heteroatoms. The van der Waals surface area contributed by atoms with E-state index in [0.29, 0.717) is 10.8 Å². The van der Waals surface area contributed by atoms with Gasteiger partial charge in [0.05, 0.1) is 5.56 Å². The molecule has 0 radical (unpaired) electrons. The van der Waals surface area contributed by atoms with E-state index in [1.807, 2.05) is 0 Å². The number of benzene rings is 1. The van der Waals surface area contributed by atoms with Crippen LogP contribution in [0, 0.1) is 0 Å². The third-order valence-electron chi connectivity index (χ3n) is 2.74. The number of rotatable bonds is 4. The van der Waals surface area contributed by atoms with Gasteiger partial charge in [-0.25, -0.2) is 9.78 Å². The van der Waals surface area contributed by atoms with Crippen molar-refractivity contribution in [2.45, 2.75) is 28.0 Å². The predicted molar refractivity (Wildman–Crippen MR) is 77.1 cm³/mol. The van der Waals surface area contributed by atoms with Crippen LogP contribution in [-0.2, 0) is 0 Å². The Balaban J connectivity index is 1.88. The topological polar surface area (TPSA) is 63.1 Å². The number of hydrogen-bond acceptors (Lipinski definition) is 5. The fraction of sp³-hybridized carbons (Fsp3) is 0.250. The summed E-state index contributed by atoms with van der Waals surface area (Å²) in [4.78, 5) is 16.3. The Hall–Kier alpha value is -0.920. The lowest BCUT2D eigenvalue weighted by Crippen LogP contribution is -1.98. The molecular weight excluding hydrogens is 348 g/mol. The van der Waals surface area contributed by atoms with Crippen LogP contribution in [0.5, 0.6) is 0 Å². The molecule has 1 heterocycles. The quantitative estimate of drug-likeness (QED) is 0.895. The van der Waals surface area contributed by atoms with E-state index in [-0.39, 0.29) is 5.56 Å². The summed E-state index contributed by atoms with van der Waals surface area (Å²) in [6.45, 7) is 0. The zero-order valence-corrected chi connectivity index (χ0v) is 12.9. The summed E-state index contributed by atoms with van der Waals surface area (Å²) in [6, 6.07) is 5.12. The van der Waals surface area contributed by atoms with E-state index in [1.54, 1.807) is 18.2 Å². The van der Waals surface area contributed by atoms with Crippen LogP contribution in [0.4, 0.5) is 0 Å². The molecule has 4 nitrogen and oxygen atoms in total. The Labute approximate surface area is 126 Å². The molecule has 0 spiro atoms. The van der Waals surface area contributed by atoms with E-state index < -0.39 is 5.97 Å². The molecule has 1 N–H and O–H groups in total. The zero-order valence-electron chi connectivity index (χ0n) is 9.67. The minimum absolute atomic E-state index is 0.288. The van der Waals surface area contributed by atoms with Crippen molar-refractivity contribution < 1.29 is 9.90 Å².